The van der Waals surface area contributed by atoms with Gasteiger partial charge in [-0.1, -0.05) is 36.2 Å². The summed E-state index contributed by atoms with van der Waals surface area (Å²) in [4.78, 5) is 8.51. The van der Waals surface area contributed by atoms with Crippen molar-refractivity contribution in [2.24, 2.45) is 0 Å². The van der Waals surface area contributed by atoms with Crippen molar-refractivity contribution in [1.29, 1.82) is 0 Å². The molecule has 0 radical (unpaired) electrons. The zero-order valence-corrected chi connectivity index (χ0v) is 12.9. The molecular weight excluding hydrogens is 295 g/mol. The van der Waals surface area contributed by atoms with Crippen molar-refractivity contribution in [1.82, 2.24) is 9.97 Å². The van der Waals surface area contributed by atoms with Crippen molar-refractivity contribution in [3.05, 3.63) is 40.0 Å². The Morgan fingerprint density at radius 2 is 2.05 bits per heavy atom. The minimum absolute atomic E-state index is 0.464. The van der Waals surface area contributed by atoms with Crippen molar-refractivity contribution in [3.63, 3.8) is 0 Å². The molecule has 2 N–H and O–H groups in total. The number of rotatable bonds is 5. The largest absolute Gasteiger partial charge is 0.354 e. The van der Waals surface area contributed by atoms with E-state index >= 15 is 0 Å². The summed E-state index contributed by atoms with van der Waals surface area (Å²) in [6.07, 6.45) is 2.58. The van der Waals surface area contributed by atoms with Crippen LogP contribution in [0.1, 0.15) is 18.9 Å². The fourth-order valence-electron chi connectivity index (χ4n) is 1.63. The number of hydrogen-bond donors (Lipinski definition) is 2. The molecule has 0 saturated heterocycles. The maximum Gasteiger partial charge on any atom is 0.224 e. The first-order valence-electron chi connectivity index (χ1n) is 6.39. The van der Waals surface area contributed by atoms with Gasteiger partial charge < -0.3 is 10.6 Å². The third-order valence-electron chi connectivity index (χ3n) is 2.73. The minimum atomic E-state index is 0.464. The van der Waals surface area contributed by atoms with Crippen molar-refractivity contribution < 1.29 is 0 Å². The van der Waals surface area contributed by atoms with Crippen molar-refractivity contribution >= 4 is 40.7 Å². The average molecular weight is 311 g/mol. The Morgan fingerprint density at radius 1 is 1.25 bits per heavy atom. The van der Waals surface area contributed by atoms with Crippen molar-refractivity contribution in [2.75, 3.05) is 17.2 Å². The highest BCUT2D eigenvalue weighted by Gasteiger charge is 2.07. The molecule has 1 aromatic heterocycles. The molecule has 2 rings (SSSR count). The number of nitrogens with one attached hydrogen (secondary N) is 2. The topological polar surface area (TPSA) is 49.8 Å². The highest BCUT2D eigenvalue weighted by molar-refractivity contribution is 6.33. The average Bonchev–Trinajstić information content (AvgIpc) is 2.43. The maximum atomic E-state index is 6.12. The van der Waals surface area contributed by atoms with Gasteiger partial charge in [0, 0.05) is 17.3 Å². The first-order chi connectivity index (χ1) is 9.60. The highest BCUT2D eigenvalue weighted by atomic mass is 35.5. The summed E-state index contributed by atoms with van der Waals surface area (Å²) in [5.74, 6) is 1.11. The molecule has 0 aliphatic heterocycles. The summed E-state index contributed by atoms with van der Waals surface area (Å²) in [6, 6.07) is 5.63. The van der Waals surface area contributed by atoms with Gasteiger partial charge in [-0.25, -0.2) is 4.98 Å². The first-order valence-corrected chi connectivity index (χ1v) is 7.15. The molecule has 0 aliphatic rings. The number of hydrogen-bond acceptors (Lipinski definition) is 4. The molecule has 1 heterocycles. The molecule has 2 aromatic rings. The third kappa shape index (κ3) is 3.74. The van der Waals surface area contributed by atoms with E-state index in [0.29, 0.717) is 21.8 Å². The summed E-state index contributed by atoms with van der Waals surface area (Å²) in [5.41, 5.74) is 1.94. The predicted molar refractivity (Wildman–Crippen MR) is 85.3 cm³/mol. The summed E-state index contributed by atoms with van der Waals surface area (Å²) >= 11 is 12.1. The zero-order chi connectivity index (χ0) is 14.5. The molecule has 106 valence electrons. The van der Waals surface area contributed by atoms with Crippen LogP contribution in [0.5, 0.6) is 0 Å². The Labute approximate surface area is 128 Å². The Morgan fingerprint density at radius 3 is 2.80 bits per heavy atom. The fraction of sp³-hybridized carbons (Fsp3) is 0.286. The Hall–Kier alpha value is -1.52. The lowest BCUT2D eigenvalue weighted by Gasteiger charge is -2.12. The second-order valence-corrected chi connectivity index (χ2v) is 5.24. The van der Waals surface area contributed by atoms with Gasteiger partial charge in [-0.2, -0.15) is 4.98 Å². The van der Waals surface area contributed by atoms with Gasteiger partial charge in [-0.15, -0.1) is 0 Å². The minimum Gasteiger partial charge on any atom is -0.354 e. The second-order valence-electron chi connectivity index (χ2n) is 4.40. The lowest BCUT2D eigenvalue weighted by molar-refractivity contribution is 0.953. The molecule has 0 spiro atoms. The summed E-state index contributed by atoms with van der Waals surface area (Å²) in [7, 11) is 0. The van der Waals surface area contributed by atoms with Crippen LogP contribution in [0, 0.1) is 6.92 Å². The zero-order valence-electron chi connectivity index (χ0n) is 11.4. The SMILES string of the molecule is CCCNc1ncc(Cl)c(Nc2cc(Cl)ccc2C)n1. The van der Waals surface area contributed by atoms with Crippen LogP contribution in [0.15, 0.2) is 24.4 Å². The van der Waals surface area contributed by atoms with E-state index in [-0.39, 0.29) is 0 Å². The number of nitrogens with zero attached hydrogens (tertiary/aromatic N) is 2. The van der Waals surface area contributed by atoms with Gasteiger partial charge >= 0.3 is 0 Å². The number of halogens is 2. The van der Waals surface area contributed by atoms with E-state index in [9.17, 15) is 0 Å². The molecular formula is C14H16Cl2N4. The summed E-state index contributed by atoms with van der Waals surface area (Å²) in [6.45, 7) is 4.89. The van der Waals surface area contributed by atoms with E-state index in [2.05, 4.69) is 27.5 Å². The molecule has 0 bridgehead atoms. The smallest absolute Gasteiger partial charge is 0.224 e. The van der Waals surface area contributed by atoms with Crippen LogP contribution in [-0.4, -0.2) is 16.5 Å². The normalized spacial score (nSPS) is 10.4. The first kappa shape index (κ1) is 14.9. The van der Waals surface area contributed by atoms with Crippen molar-refractivity contribution in [2.45, 2.75) is 20.3 Å². The number of anilines is 3. The Balaban J connectivity index is 2.25. The lowest BCUT2D eigenvalue weighted by Crippen LogP contribution is -2.06. The van der Waals surface area contributed by atoms with E-state index < -0.39 is 0 Å². The number of aryl methyl sites for hydroxylation is 1. The third-order valence-corrected chi connectivity index (χ3v) is 3.24. The van der Waals surface area contributed by atoms with Gasteiger partial charge in [-0.05, 0) is 31.0 Å². The van der Waals surface area contributed by atoms with Crippen LogP contribution in [0.3, 0.4) is 0 Å². The van der Waals surface area contributed by atoms with E-state index in [0.717, 1.165) is 24.2 Å². The number of benzene rings is 1. The van der Waals surface area contributed by atoms with E-state index in [1.165, 1.54) is 0 Å². The highest BCUT2D eigenvalue weighted by Crippen LogP contribution is 2.27. The van der Waals surface area contributed by atoms with Gasteiger partial charge in [0.05, 0.1) is 6.20 Å². The van der Waals surface area contributed by atoms with Crippen LogP contribution in [-0.2, 0) is 0 Å². The lowest BCUT2D eigenvalue weighted by atomic mass is 10.2. The second kappa shape index (κ2) is 6.77. The van der Waals surface area contributed by atoms with Gasteiger partial charge in [0.15, 0.2) is 5.82 Å². The van der Waals surface area contributed by atoms with Gasteiger partial charge in [0.1, 0.15) is 5.02 Å². The van der Waals surface area contributed by atoms with Gasteiger partial charge in [0.25, 0.3) is 0 Å². The molecule has 1 aromatic carbocycles. The molecule has 6 heteroatoms. The van der Waals surface area contributed by atoms with E-state index in [1.807, 2.05) is 25.1 Å². The Kier molecular flexibility index (Phi) is 5.04. The van der Waals surface area contributed by atoms with Crippen LogP contribution < -0.4 is 10.6 Å². The molecule has 0 unspecified atom stereocenters. The van der Waals surface area contributed by atoms with E-state index in [1.54, 1.807) is 6.20 Å². The van der Waals surface area contributed by atoms with Crippen LogP contribution in [0.2, 0.25) is 10.0 Å². The molecule has 0 amide bonds. The van der Waals surface area contributed by atoms with Crippen molar-refractivity contribution in [3.8, 4) is 0 Å². The summed E-state index contributed by atoms with van der Waals surface area (Å²) in [5, 5.41) is 7.44. The standard InChI is InChI=1S/C14H16Cl2N4/c1-3-6-17-14-18-8-11(16)13(20-14)19-12-7-10(15)5-4-9(12)2/h4-5,7-8H,3,6H2,1-2H3,(H2,17,18,19,20). The van der Waals surface area contributed by atoms with E-state index in [4.69, 9.17) is 23.2 Å². The molecule has 0 aliphatic carbocycles. The van der Waals surface area contributed by atoms with Crippen LogP contribution >= 0.6 is 23.2 Å². The molecule has 20 heavy (non-hydrogen) atoms. The van der Waals surface area contributed by atoms with Crippen LogP contribution in [0.4, 0.5) is 17.5 Å². The Bertz CT molecular complexity index is 602. The predicted octanol–water partition coefficient (Wildman–Crippen LogP) is 4.66. The monoisotopic (exact) mass is 310 g/mol. The van der Waals surface area contributed by atoms with Gasteiger partial charge in [-0.3, -0.25) is 0 Å². The van der Waals surface area contributed by atoms with Crippen LogP contribution in [0.25, 0.3) is 0 Å². The maximum absolute atomic E-state index is 6.12. The molecule has 0 saturated carbocycles. The molecule has 4 nitrogen and oxygen atoms in total. The molecule has 0 fully saturated rings. The molecule has 0 atom stereocenters. The fourth-order valence-corrected chi connectivity index (χ4v) is 1.94. The number of aromatic nitrogens is 2. The quantitative estimate of drug-likeness (QED) is 0.843. The summed E-state index contributed by atoms with van der Waals surface area (Å²) < 4.78 is 0. The van der Waals surface area contributed by atoms with Gasteiger partial charge in [0.2, 0.25) is 5.95 Å².